The highest BCUT2D eigenvalue weighted by molar-refractivity contribution is 6.05. The van der Waals surface area contributed by atoms with E-state index in [0.717, 1.165) is 18.5 Å². The largest absolute Gasteiger partial charge is 0.456 e. The SMILES string of the molecule is CC(=O)c1ccc(Cn2ccc(NC(=O)c3ncoc3-c3cccc(C(F)(F)F)n3)n2)o1. The van der Waals surface area contributed by atoms with E-state index < -0.39 is 17.8 Å². The second-order valence-corrected chi connectivity index (χ2v) is 6.61. The van der Waals surface area contributed by atoms with Crippen LogP contribution in [0.5, 0.6) is 0 Å². The van der Waals surface area contributed by atoms with E-state index in [9.17, 15) is 22.8 Å². The lowest BCUT2D eigenvalue weighted by Gasteiger charge is -2.07. The molecule has 4 heterocycles. The van der Waals surface area contributed by atoms with Gasteiger partial charge in [0.15, 0.2) is 35.2 Å². The number of alkyl halides is 3. The molecular formula is C20H14F3N5O4. The van der Waals surface area contributed by atoms with Crippen molar-refractivity contribution in [2.24, 2.45) is 0 Å². The summed E-state index contributed by atoms with van der Waals surface area (Å²) in [5.41, 5.74) is -1.56. The van der Waals surface area contributed by atoms with Crippen LogP contribution in [0.2, 0.25) is 0 Å². The third-order valence-corrected chi connectivity index (χ3v) is 4.26. The van der Waals surface area contributed by atoms with E-state index in [1.807, 2.05) is 0 Å². The van der Waals surface area contributed by atoms with Crippen LogP contribution in [0.15, 0.2) is 57.8 Å². The van der Waals surface area contributed by atoms with Gasteiger partial charge in [0.1, 0.15) is 17.1 Å². The summed E-state index contributed by atoms with van der Waals surface area (Å²) < 4.78 is 50.8. The van der Waals surface area contributed by atoms with Gasteiger partial charge in [-0.2, -0.15) is 18.3 Å². The molecule has 9 nitrogen and oxygen atoms in total. The number of anilines is 1. The molecule has 32 heavy (non-hydrogen) atoms. The summed E-state index contributed by atoms with van der Waals surface area (Å²) in [6.07, 6.45) is -2.14. The van der Waals surface area contributed by atoms with Crippen molar-refractivity contribution in [3.05, 3.63) is 71.9 Å². The number of carbonyl (C=O) groups excluding carboxylic acids is 2. The van der Waals surface area contributed by atoms with Gasteiger partial charge in [0.25, 0.3) is 5.91 Å². The quantitative estimate of drug-likeness (QED) is 0.445. The Balaban J connectivity index is 1.49. The standard InChI is InChI=1S/C20H14F3N5O4/c1-11(29)14-6-5-12(32-14)9-28-8-7-16(27-28)26-19(30)17-18(31-10-24-17)13-3-2-4-15(25-13)20(21,22)23/h2-8,10H,9H2,1H3,(H,26,27,30). The topological polar surface area (TPSA) is 116 Å². The van der Waals surface area contributed by atoms with Crippen LogP contribution in [-0.4, -0.2) is 31.4 Å². The van der Waals surface area contributed by atoms with Crippen LogP contribution in [0, 0.1) is 0 Å². The van der Waals surface area contributed by atoms with Gasteiger partial charge < -0.3 is 14.2 Å². The molecule has 12 heteroatoms. The van der Waals surface area contributed by atoms with Crippen molar-refractivity contribution in [2.75, 3.05) is 5.32 Å². The Morgan fingerprint density at radius 1 is 1.16 bits per heavy atom. The lowest BCUT2D eigenvalue weighted by atomic mass is 10.2. The van der Waals surface area contributed by atoms with Crippen LogP contribution in [0.25, 0.3) is 11.5 Å². The maximum atomic E-state index is 12.9. The number of pyridine rings is 1. The number of rotatable bonds is 6. The normalized spacial score (nSPS) is 11.5. The van der Waals surface area contributed by atoms with Crippen molar-refractivity contribution >= 4 is 17.5 Å². The number of nitrogens with one attached hydrogen (secondary N) is 1. The number of nitrogens with zero attached hydrogens (tertiary/aromatic N) is 4. The number of carbonyl (C=O) groups is 2. The van der Waals surface area contributed by atoms with E-state index in [1.54, 1.807) is 18.3 Å². The molecule has 4 aromatic rings. The first-order chi connectivity index (χ1) is 15.2. The molecule has 1 N–H and O–H groups in total. The van der Waals surface area contributed by atoms with E-state index in [1.165, 1.54) is 23.7 Å². The number of ketones is 1. The lowest BCUT2D eigenvalue weighted by molar-refractivity contribution is -0.141. The van der Waals surface area contributed by atoms with Crippen LogP contribution in [0.4, 0.5) is 19.0 Å². The Labute approximate surface area is 177 Å². The molecule has 4 aromatic heterocycles. The van der Waals surface area contributed by atoms with Crippen LogP contribution >= 0.6 is 0 Å². The molecule has 1 amide bonds. The minimum Gasteiger partial charge on any atom is -0.456 e. The van der Waals surface area contributed by atoms with Crippen LogP contribution in [0.3, 0.4) is 0 Å². The van der Waals surface area contributed by atoms with E-state index in [0.29, 0.717) is 5.76 Å². The van der Waals surface area contributed by atoms with E-state index in [-0.39, 0.29) is 41.1 Å². The van der Waals surface area contributed by atoms with E-state index in [4.69, 9.17) is 8.83 Å². The molecule has 0 aromatic carbocycles. The molecule has 0 saturated carbocycles. The van der Waals surface area contributed by atoms with Gasteiger partial charge >= 0.3 is 6.18 Å². The molecule has 0 bridgehead atoms. The summed E-state index contributed by atoms with van der Waals surface area (Å²) >= 11 is 0. The van der Waals surface area contributed by atoms with Crippen LogP contribution in [0.1, 0.15) is 39.4 Å². The summed E-state index contributed by atoms with van der Waals surface area (Å²) in [4.78, 5) is 31.2. The number of Topliss-reactive ketones (excluding diaryl/α,β-unsaturated/α-hetero) is 1. The smallest absolute Gasteiger partial charge is 0.433 e. The Hall–Kier alpha value is -4.22. The molecular weight excluding hydrogens is 431 g/mol. The highest BCUT2D eigenvalue weighted by Gasteiger charge is 2.33. The zero-order chi connectivity index (χ0) is 22.9. The second-order valence-electron chi connectivity index (χ2n) is 6.61. The van der Waals surface area contributed by atoms with Gasteiger partial charge in [0.2, 0.25) is 0 Å². The molecule has 0 aliphatic carbocycles. The summed E-state index contributed by atoms with van der Waals surface area (Å²) in [5, 5.41) is 6.68. The molecule has 0 unspecified atom stereocenters. The van der Waals surface area contributed by atoms with Crippen molar-refractivity contribution in [2.45, 2.75) is 19.6 Å². The highest BCUT2D eigenvalue weighted by atomic mass is 19.4. The molecule has 0 aliphatic rings. The average Bonchev–Trinajstić information content (AvgIpc) is 3.48. The summed E-state index contributed by atoms with van der Waals surface area (Å²) in [6.45, 7) is 1.60. The minimum atomic E-state index is -4.65. The van der Waals surface area contributed by atoms with Crippen LogP contribution in [-0.2, 0) is 12.7 Å². The molecule has 0 spiro atoms. The third kappa shape index (κ3) is 4.43. The Morgan fingerprint density at radius 2 is 1.97 bits per heavy atom. The molecule has 0 fully saturated rings. The number of amides is 1. The predicted octanol–water partition coefficient (Wildman–Crippen LogP) is 4.05. The Kier molecular flexibility index (Phi) is 5.34. The van der Waals surface area contributed by atoms with Gasteiger partial charge in [-0.25, -0.2) is 9.97 Å². The molecule has 164 valence electrons. The first-order valence-corrected chi connectivity index (χ1v) is 9.13. The van der Waals surface area contributed by atoms with Crippen molar-refractivity contribution in [1.82, 2.24) is 19.7 Å². The van der Waals surface area contributed by atoms with Crippen molar-refractivity contribution in [3.8, 4) is 11.5 Å². The summed E-state index contributed by atoms with van der Waals surface area (Å²) in [5.74, 6) is -0.272. The van der Waals surface area contributed by atoms with Gasteiger partial charge in [-0.05, 0) is 24.3 Å². The first-order valence-electron chi connectivity index (χ1n) is 9.13. The van der Waals surface area contributed by atoms with Gasteiger partial charge in [-0.1, -0.05) is 6.07 Å². The number of furan rings is 1. The third-order valence-electron chi connectivity index (χ3n) is 4.26. The Morgan fingerprint density at radius 3 is 2.69 bits per heavy atom. The summed E-state index contributed by atoms with van der Waals surface area (Å²) in [7, 11) is 0. The highest BCUT2D eigenvalue weighted by Crippen LogP contribution is 2.30. The number of hydrogen-bond acceptors (Lipinski definition) is 7. The summed E-state index contributed by atoms with van der Waals surface area (Å²) in [6, 6.07) is 7.95. The van der Waals surface area contributed by atoms with Gasteiger partial charge in [-0.3, -0.25) is 14.3 Å². The molecule has 0 radical (unpaired) electrons. The van der Waals surface area contributed by atoms with E-state index in [2.05, 4.69) is 20.4 Å². The maximum absolute atomic E-state index is 12.9. The van der Waals surface area contributed by atoms with Crippen LogP contribution < -0.4 is 5.32 Å². The lowest BCUT2D eigenvalue weighted by Crippen LogP contribution is -2.15. The number of oxazole rings is 1. The number of halogens is 3. The number of aromatic nitrogens is 4. The molecule has 0 saturated heterocycles. The van der Waals surface area contributed by atoms with Gasteiger partial charge in [0.05, 0.1) is 6.54 Å². The van der Waals surface area contributed by atoms with Gasteiger partial charge in [0, 0.05) is 19.2 Å². The Bertz CT molecular complexity index is 1290. The van der Waals surface area contributed by atoms with Crippen molar-refractivity contribution < 1.29 is 31.6 Å². The van der Waals surface area contributed by atoms with Gasteiger partial charge in [-0.15, -0.1) is 0 Å². The molecule has 4 rings (SSSR count). The monoisotopic (exact) mass is 445 g/mol. The second kappa shape index (κ2) is 8.13. The fourth-order valence-electron chi connectivity index (χ4n) is 2.81. The maximum Gasteiger partial charge on any atom is 0.433 e. The van der Waals surface area contributed by atoms with Crippen molar-refractivity contribution in [1.29, 1.82) is 0 Å². The minimum absolute atomic E-state index is 0.166. The fourth-order valence-corrected chi connectivity index (χ4v) is 2.81. The van der Waals surface area contributed by atoms with Crippen molar-refractivity contribution in [3.63, 3.8) is 0 Å². The first kappa shape index (κ1) is 21.0. The number of hydrogen-bond donors (Lipinski definition) is 1. The zero-order valence-electron chi connectivity index (χ0n) is 16.4. The average molecular weight is 445 g/mol. The fraction of sp³-hybridized carbons (Fsp3) is 0.150. The predicted molar refractivity (Wildman–Crippen MR) is 103 cm³/mol. The zero-order valence-corrected chi connectivity index (χ0v) is 16.4. The van der Waals surface area contributed by atoms with E-state index >= 15 is 0 Å². The molecule has 0 atom stereocenters. The molecule has 0 aliphatic heterocycles.